The van der Waals surface area contributed by atoms with Crippen molar-refractivity contribution in [3.63, 3.8) is 0 Å². The summed E-state index contributed by atoms with van der Waals surface area (Å²) in [6.45, 7) is 1.12. The van der Waals surface area contributed by atoms with Gasteiger partial charge >= 0.3 is 0 Å². The number of fused-ring (bicyclic) bond motifs is 5. The van der Waals surface area contributed by atoms with Gasteiger partial charge in [0.25, 0.3) is 5.91 Å². The predicted molar refractivity (Wildman–Crippen MR) is 120 cm³/mol. The highest BCUT2D eigenvalue weighted by Gasteiger charge is 2.42. The van der Waals surface area contributed by atoms with Gasteiger partial charge in [-0.1, -0.05) is 35.5 Å². The first-order chi connectivity index (χ1) is 13.6. The zero-order valence-electron chi connectivity index (χ0n) is 14.8. The normalized spacial score (nSPS) is 20.5. The van der Waals surface area contributed by atoms with Crippen LogP contribution in [-0.4, -0.2) is 38.4 Å². The van der Waals surface area contributed by atoms with Gasteiger partial charge in [-0.25, -0.2) is 4.68 Å². The summed E-state index contributed by atoms with van der Waals surface area (Å²) in [5, 5.41) is 8.44. The van der Waals surface area contributed by atoms with Crippen LogP contribution in [0.1, 0.15) is 34.1 Å². The molecule has 0 aliphatic carbocycles. The van der Waals surface area contributed by atoms with Crippen LogP contribution in [0, 0.1) is 7.14 Å². The number of ether oxygens (including phenoxy) is 1. The lowest BCUT2D eigenvalue weighted by Gasteiger charge is -2.21. The first-order valence-electron chi connectivity index (χ1n) is 8.98. The molecule has 2 aliphatic heterocycles. The zero-order chi connectivity index (χ0) is 19.3. The van der Waals surface area contributed by atoms with E-state index < -0.39 is 0 Å². The molecule has 2 atom stereocenters. The van der Waals surface area contributed by atoms with Crippen molar-refractivity contribution in [3.8, 4) is 5.69 Å². The fraction of sp³-hybridized carbons (Fsp3) is 0.250. The van der Waals surface area contributed by atoms with Crippen LogP contribution in [0.2, 0.25) is 0 Å². The number of carbonyl (C=O) groups excluding carboxylic acids is 1. The summed E-state index contributed by atoms with van der Waals surface area (Å²) < 4.78 is 10.0. The topological polar surface area (TPSA) is 60.3 Å². The van der Waals surface area contributed by atoms with Crippen LogP contribution in [0.4, 0.5) is 0 Å². The molecule has 0 bridgehead atoms. The third-order valence-electron chi connectivity index (χ3n) is 5.24. The Morgan fingerprint density at radius 1 is 1.18 bits per heavy atom. The molecule has 142 valence electrons. The van der Waals surface area contributed by atoms with Crippen LogP contribution >= 0.6 is 45.2 Å². The molecule has 1 fully saturated rings. The van der Waals surface area contributed by atoms with Crippen molar-refractivity contribution >= 4 is 51.1 Å². The summed E-state index contributed by atoms with van der Waals surface area (Å²) in [5.74, 6) is 0.0349. The largest absolute Gasteiger partial charge is 0.372 e. The molecule has 1 amide bonds. The van der Waals surface area contributed by atoms with Crippen LogP contribution in [0.3, 0.4) is 0 Å². The van der Waals surface area contributed by atoms with E-state index in [1.807, 2.05) is 33.8 Å². The van der Waals surface area contributed by atoms with Crippen LogP contribution in [0.5, 0.6) is 0 Å². The Bertz CT molecular complexity index is 1050. The van der Waals surface area contributed by atoms with Gasteiger partial charge in [-0.2, -0.15) is 0 Å². The van der Waals surface area contributed by atoms with E-state index >= 15 is 0 Å². The van der Waals surface area contributed by atoms with E-state index in [1.54, 1.807) is 6.20 Å². The fourth-order valence-corrected chi connectivity index (χ4v) is 6.03. The highest BCUT2D eigenvalue weighted by atomic mass is 127. The molecule has 0 radical (unpaired) electrons. The Kier molecular flexibility index (Phi) is 4.87. The molecular weight excluding hydrogens is 582 g/mol. The van der Waals surface area contributed by atoms with E-state index in [4.69, 9.17) is 4.74 Å². The van der Waals surface area contributed by atoms with Crippen LogP contribution in [0.15, 0.2) is 48.7 Å². The Labute approximate surface area is 189 Å². The number of hydrogen-bond acceptors (Lipinski definition) is 4. The van der Waals surface area contributed by atoms with Crippen molar-refractivity contribution < 1.29 is 9.53 Å². The SMILES string of the molecule is O=C1c2cc(I)cc(I)c2-n2nncc2[C@@H]2C[C@@H](OCc3ccccc3)CN12. The Balaban J connectivity index is 1.48. The molecule has 0 saturated carbocycles. The van der Waals surface area contributed by atoms with Crippen molar-refractivity contribution in [2.24, 2.45) is 0 Å². The summed E-state index contributed by atoms with van der Waals surface area (Å²) in [6, 6.07) is 14.0. The second-order valence-electron chi connectivity index (χ2n) is 6.98. The van der Waals surface area contributed by atoms with E-state index in [1.165, 1.54) is 0 Å². The Morgan fingerprint density at radius 3 is 2.82 bits per heavy atom. The third kappa shape index (κ3) is 3.14. The van der Waals surface area contributed by atoms with Crippen molar-refractivity contribution in [2.75, 3.05) is 6.54 Å². The second-order valence-corrected chi connectivity index (χ2v) is 9.39. The van der Waals surface area contributed by atoms with Gasteiger partial charge in [0.05, 0.1) is 41.9 Å². The number of aromatic nitrogens is 3. The molecule has 0 spiro atoms. The van der Waals surface area contributed by atoms with Crippen LogP contribution in [-0.2, 0) is 11.3 Å². The number of nitrogens with zero attached hydrogens (tertiary/aromatic N) is 4. The number of benzene rings is 2. The maximum atomic E-state index is 13.4. The molecule has 1 aromatic heterocycles. The van der Waals surface area contributed by atoms with Gasteiger partial charge in [-0.3, -0.25) is 4.79 Å². The summed E-state index contributed by atoms with van der Waals surface area (Å²) >= 11 is 4.52. The zero-order valence-corrected chi connectivity index (χ0v) is 19.1. The fourth-order valence-electron chi connectivity index (χ4n) is 3.95. The minimum atomic E-state index is -0.0795. The Morgan fingerprint density at radius 2 is 2.00 bits per heavy atom. The highest BCUT2D eigenvalue weighted by Crippen LogP contribution is 2.40. The maximum absolute atomic E-state index is 13.4. The predicted octanol–water partition coefficient (Wildman–Crippen LogP) is 3.96. The summed E-state index contributed by atoms with van der Waals surface area (Å²) in [5.41, 5.74) is 3.58. The van der Waals surface area contributed by atoms with Crippen LogP contribution < -0.4 is 0 Å². The van der Waals surface area contributed by atoms with Gasteiger partial charge in [-0.15, -0.1) is 5.10 Å². The van der Waals surface area contributed by atoms with E-state index in [2.05, 4.69) is 73.7 Å². The van der Waals surface area contributed by atoms with Gasteiger partial charge < -0.3 is 9.64 Å². The third-order valence-corrected chi connectivity index (χ3v) is 6.68. The standard InChI is InChI=1S/C20H16I2N4O2/c21-13-6-15-19(16(22)7-13)26-18(9-23-24-26)17-8-14(10-25(17)20(15)27)28-11-12-4-2-1-3-5-12/h1-7,9,14,17H,8,10-11H2/t14-,17+/m1/s1. The molecule has 3 aromatic rings. The molecular formula is C20H16I2N4O2. The average Bonchev–Trinajstić information content (AvgIpc) is 3.31. The smallest absolute Gasteiger partial charge is 0.256 e. The number of rotatable bonds is 3. The van der Waals surface area contributed by atoms with Crippen molar-refractivity contribution in [3.05, 3.63) is 72.6 Å². The van der Waals surface area contributed by atoms with E-state index in [-0.39, 0.29) is 18.1 Å². The summed E-state index contributed by atoms with van der Waals surface area (Å²) in [4.78, 5) is 15.3. The average molecular weight is 598 g/mol. The number of halogens is 2. The lowest BCUT2D eigenvalue weighted by atomic mass is 10.1. The maximum Gasteiger partial charge on any atom is 0.256 e. The van der Waals surface area contributed by atoms with Crippen LogP contribution in [0.25, 0.3) is 5.69 Å². The van der Waals surface area contributed by atoms with Gasteiger partial charge in [-0.05, 0) is 62.9 Å². The monoisotopic (exact) mass is 598 g/mol. The summed E-state index contributed by atoms with van der Waals surface area (Å²) in [6.07, 6.45) is 2.50. The minimum absolute atomic E-state index is 0.0130. The van der Waals surface area contributed by atoms with Crippen molar-refractivity contribution in [1.29, 1.82) is 0 Å². The first-order valence-corrected chi connectivity index (χ1v) is 11.1. The first kappa shape index (κ1) is 18.5. The van der Waals surface area contributed by atoms with Crippen molar-refractivity contribution in [2.45, 2.75) is 25.2 Å². The lowest BCUT2D eigenvalue weighted by molar-refractivity contribution is 0.0437. The molecule has 0 N–H and O–H groups in total. The molecule has 5 rings (SSSR count). The molecule has 3 heterocycles. The molecule has 28 heavy (non-hydrogen) atoms. The molecule has 1 saturated heterocycles. The molecule has 8 heteroatoms. The van der Waals surface area contributed by atoms with Gasteiger partial charge in [0.2, 0.25) is 0 Å². The lowest BCUT2D eigenvalue weighted by Crippen LogP contribution is -2.31. The Hall–Kier alpha value is -1.53. The quantitative estimate of drug-likeness (QED) is 0.429. The highest BCUT2D eigenvalue weighted by molar-refractivity contribution is 14.1. The number of amides is 1. The second kappa shape index (κ2) is 7.38. The number of hydrogen-bond donors (Lipinski definition) is 0. The van der Waals surface area contributed by atoms with Gasteiger partial charge in [0, 0.05) is 20.1 Å². The van der Waals surface area contributed by atoms with E-state index in [0.717, 1.165) is 30.5 Å². The molecule has 0 unspecified atom stereocenters. The van der Waals surface area contributed by atoms with E-state index in [9.17, 15) is 4.79 Å². The summed E-state index contributed by atoms with van der Waals surface area (Å²) in [7, 11) is 0. The van der Waals surface area contributed by atoms with Crippen molar-refractivity contribution in [1.82, 2.24) is 19.9 Å². The van der Waals surface area contributed by atoms with Gasteiger partial charge in [0.1, 0.15) is 0 Å². The van der Waals surface area contributed by atoms with Gasteiger partial charge in [0.15, 0.2) is 0 Å². The minimum Gasteiger partial charge on any atom is -0.372 e. The molecule has 2 aliphatic rings. The van der Waals surface area contributed by atoms with E-state index in [0.29, 0.717) is 18.7 Å². The number of carbonyl (C=O) groups is 1. The molecule has 2 aromatic carbocycles. The molecule has 6 nitrogen and oxygen atoms in total.